The van der Waals surface area contributed by atoms with Gasteiger partial charge in [0.05, 0.1) is 25.3 Å². The first kappa shape index (κ1) is 37.7. The van der Waals surface area contributed by atoms with Crippen molar-refractivity contribution in [3.05, 3.63) is 35.9 Å². The highest BCUT2D eigenvalue weighted by Crippen LogP contribution is 2.49. The Morgan fingerprint density at radius 1 is 1.16 bits per heavy atom. The number of aromatic nitrogens is 1. The minimum Gasteiger partial charge on any atom is -0.496 e. The van der Waals surface area contributed by atoms with E-state index in [4.69, 9.17) is 19.2 Å². The Hall–Kier alpha value is -3.51. The molecule has 6 rings (SSSR count). The number of hydrogen-bond acceptors (Lipinski definition) is 8. The van der Waals surface area contributed by atoms with Gasteiger partial charge in [-0.1, -0.05) is 32.4 Å². The number of fused-ring (bicyclic) bond motifs is 3. The molecular weight excluding hydrogens is 655 g/mol. The molecule has 2 saturated carbocycles. The second kappa shape index (κ2) is 15.8. The van der Waals surface area contributed by atoms with Gasteiger partial charge in [-0.25, -0.2) is 4.98 Å². The Labute approximate surface area is 300 Å². The summed E-state index contributed by atoms with van der Waals surface area (Å²) in [5.74, 6) is 0.895. The van der Waals surface area contributed by atoms with E-state index in [1.807, 2.05) is 46.8 Å². The lowest BCUT2D eigenvalue weighted by atomic mass is 10.1. The van der Waals surface area contributed by atoms with Crippen LogP contribution in [-0.4, -0.2) is 75.8 Å². The van der Waals surface area contributed by atoms with Crippen molar-refractivity contribution in [2.24, 2.45) is 5.92 Å². The molecule has 5 N–H and O–H groups in total. The zero-order valence-electron chi connectivity index (χ0n) is 30.8. The molecule has 2 aliphatic heterocycles. The number of carbonyl (C=O) groups is 3. The van der Waals surface area contributed by atoms with Gasteiger partial charge in [-0.05, 0) is 90.3 Å². The van der Waals surface area contributed by atoms with Gasteiger partial charge in [-0.15, -0.1) is 0 Å². The SMILES string of the molecule is CC.COc1ccc2c(O[C@@H]3C[C@H]4C(=O)N[C@]5(C(=O)NSC6(C)CC6)CC5/C=C\CCCCC[C@H]([NH3+])C(=O)N4C3)cc(OC(C)C)nc2c1C. The summed E-state index contributed by atoms with van der Waals surface area (Å²) in [6, 6.07) is 4.27. The topological polar surface area (TPSA) is 147 Å². The summed E-state index contributed by atoms with van der Waals surface area (Å²) in [5.41, 5.74) is 4.72. The molecule has 1 aromatic heterocycles. The van der Waals surface area contributed by atoms with E-state index in [0.29, 0.717) is 35.7 Å². The van der Waals surface area contributed by atoms with Crippen LogP contribution in [0.15, 0.2) is 30.4 Å². The second-order valence-corrected chi connectivity index (χ2v) is 15.8. The van der Waals surface area contributed by atoms with Gasteiger partial charge in [-0.3, -0.25) is 19.1 Å². The van der Waals surface area contributed by atoms with Crippen LogP contribution in [0.3, 0.4) is 0 Å². The number of nitrogens with one attached hydrogen (secondary N) is 2. The second-order valence-electron chi connectivity index (χ2n) is 14.4. The number of quaternary nitrogens is 1. The van der Waals surface area contributed by atoms with Crippen LogP contribution in [0.4, 0.5) is 0 Å². The Morgan fingerprint density at radius 3 is 2.62 bits per heavy atom. The van der Waals surface area contributed by atoms with E-state index in [9.17, 15) is 14.4 Å². The molecule has 50 heavy (non-hydrogen) atoms. The molecule has 3 fully saturated rings. The summed E-state index contributed by atoms with van der Waals surface area (Å²) in [6.45, 7) is 12.2. The monoisotopic (exact) mass is 710 g/mol. The van der Waals surface area contributed by atoms with E-state index in [0.717, 1.165) is 49.5 Å². The van der Waals surface area contributed by atoms with Crippen molar-refractivity contribution in [1.82, 2.24) is 19.9 Å². The third-order valence-electron chi connectivity index (χ3n) is 10.1. The number of carbonyl (C=O) groups excluding carboxylic acids is 3. The Bertz CT molecular complexity index is 1600. The number of rotatable bonds is 8. The Kier molecular flexibility index (Phi) is 11.9. The largest absolute Gasteiger partial charge is 0.496 e. The average molecular weight is 711 g/mol. The summed E-state index contributed by atoms with van der Waals surface area (Å²) >= 11 is 1.45. The Morgan fingerprint density at radius 2 is 1.92 bits per heavy atom. The van der Waals surface area contributed by atoms with Crippen molar-refractivity contribution in [1.29, 1.82) is 0 Å². The first-order valence-electron chi connectivity index (χ1n) is 18.4. The summed E-state index contributed by atoms with van der Waals surface area (Å²) < 4.78 is 21.3. The number of methoxy groups -OCH3 is 1. The van der Waals surface area contributed by atoms with Crippen LogP contribution in [0, 0.1) is 12.8 Å². The molecule has 0 spiro atoms. The van der Waals surface area contributed by atoms with Crippen molar-refractivity contribution in [3.8, 4) is 17.4 Å². The molecule has 0 bridgehead atoms. The maximum Gasteiger partial charge on any atom is 0.281 e. The first-order valence-corrected chi connectivity index (χ1v) is 19.2. The smallest absolute Gasteiger partial charge is 0.281 e. The molecule has 5 atom stereocenters. The molecule has 274 valence electrons. The van der Waals surface area contributed by atoms with Crippen LogP contribution in [-0.2, 0) is 14.4 Å². The van der Waals surface area contributed by atoms with Crippen LogP contribution < -0.4 is 30.0 Å². The minimum atomic E-state index is -1.04. The average Bonchev–Trinajstić information content (AvgIpc) is 3.96. The predicted octanol–water partition coefficient (Wildman–Crippen LogP) is 5.04. The van der Waals surface area contributed by atoms with Crippen LogP contribution in [0.2, 0.25) is 0 Å². The van der Waals surface area contributed by atoms with Crippen molar-refractivity contribution in [2.45, 2.75) is 134 Å². The summed E-state index contributed by atoms with van der Waals surface area (Å²) in [6.07, 6.45) is 11.0. The number of amides is 3. The predicted molar refractivity (Wildman–Crippen MR) is 196 cm³/mol. The normalized spacial score (nSPS) is 28.1. The lowest BCUT2D eigenvalue weighted by molar-refractivity contribution is -0.407. The van der Waals surface area contributed by atoms with Crippen molar-refractivity contribution in [2.75, 3.05) is 13.7 Å². The number of pyridine rings is 1. The lowest BCUT2D eigenvalue weighted by Gasteiger charge is -2.27. The van der Waals surface area contributed by atoms with E-state index in [-0.39, 0.29) is 47.5 Å². The van der Waals surface area contributed by atoms with Gasteiger partial charge in [0.1, 0.15) is 29.2 Å². The highest BCUT2D eigenvalue weighted by Gasteiger charge is 2.61. The molecule has 1 saturated heterocycles. The maximum absolute atomic E-state index is 14.2. The molecule has 3 amide bonds. The summed E-state index contributed by atoms with van der Waals surface area (Å²) in [7, 11) is 1.62. The molecule has 12 heteroatoms. The maximum atomic E-state index is 14.2. The minimum absolute atomic E-state index is 0.0551. The first-order chi connectivity index (χ1) is 23.9. The van der Waals surface area contributed by atoms with E-state index in [1.165, 1.54) is 11.9 Å². The Balaban J connectivity index is 0.00000239. The third-order valence-corrected chi connectivity index (χ3v) is 11.3. The van der Waals surface area contributed by atoms with Gasteiger partial charge in [-0.2, -0.15) is 0 Å². The molecule has 0 radical (unpaired) electrons. The van der Waals surface area contributed by atoms with Gasteiger partial charge in [0.2, 0.25) is 11.8 Å². The van der Waals surface area contributed by atoms with E-state index >= 15 is 0 Å². The molecule has 4 aliphatic rings. The fraction of sp³-hybridized carbons (Fsp3) is 0.632. The highest BCUT2D eigenvalue weighted by molar-refractivity contribution is 7.99. The molecular formula is C38H56N5O6S+. The van der Waals surface area contributed by atoms with E-state index in [2.05, 4.69) is 34.8 Å². The fourth-order valence-corrected chi connectivity index (χ4v) is 7.63. The summed E-state index contributed by atoms with van der Waals surface area (Å²) in [4.78, 5) is 48.2. The van der Waals surface area contributed by atoms with E-state index in [1.54, 1.807) is 18.1 Å². The van der Waals surface area contributed by atoms with Crippen molar-refractivity contribution in [3.63, 3.8) is 0 Å². The molecule has 2 aromatic rings. The zero-order valence-corrected chi connectivity index (χ0v) is 31.6. The number of ether oxygens (including phenoxy) is 3. The molecule has 11 nitrogen and oxygen atoms in total. The van der Waals surface area contributed by atoms with Crippen LogP contribution in [0.5, 0.6) is 17.4 Å². The molecule has 1 unspecified atom stereocenters. The number of benzene rings is 1. The van der Waals surface area contributed by atoms with E-state index < -0.39 is 23.7 Å². The quantitative estimate of drug-likeness (QED) is 0.255. The number of hydrogen-bond donors (Lipinski definition) is 3. The molecule has 2 aliphatic carbocycles. The van der Waals surface area contributed by atoms with Crippen LogP contribution in [0.1, 0.15) is 98.0 Å². The van der Waals surface area contributed by atoms with Crippen LogP contribution >= 0.6 is 11.9 Å². The lowest BCUT2D eigenvalue weighted by Crippen LogP contribution is -2.69. The fourth-order valence-electron chi connectivity index (χ4n) is 6.80. The van der Waals surface area contributed by atoms with Crippen molar-refractivity contribution >= 4 is 40.6 Å². The van der Waals surface area contributed by atoms with Gasteiger partial charge < -0.3 is 30.2 Å². The van der Waals surface area contributed by atoms with Crippen molar-refractivity contribution < 1.29 is 34.3 Å². The van der Waals surface area contributed by atoms with Gasteiger partial charge >= 0.3 is 0 Å². The molecule has 1 aromatic carbocycles. The zero-order chi connectivity index (χ0) is 36.2. The summed E-state index contributed by atoms with van der Waals surface area (Å²) in [5, 5.41) is 3.92. The highest BCUT2D eigenvalue weighted by atomic mass is 32.2. The standard InChI is InChI=1S/C36H49N5O6S.C2H6/c1-21(2)46-30-18-29(25-13-14-28(45-5)22(3)31(25)38-30)47-24-17-27-32(42)39-36(34(44)40-48-35(4)15-16-35)19-23(36)11-9-7-6-8-10-12-26(37)33(43)41(27)20-24;1-2/h9,11,13-14,18,21,23-24,26-27H,6-8,10,12,15-17,19-20,37H2,1-5H3,(H,39,42)(H,40,44);1-2H3/p+1/b11-9-;/t23?,24-,26+,27+,36-;/m1./s1. The number of nitrogens with zero attached hydrogens (tertiary/aromatic N) is 2. The number of aryl methyl sites for hydroxylation is 1. The molecule has 3 heterocycles. The van der Waals surface area contributed by atoms with Gasteiger partial charge in [0.15, 0.2) is 6.04 Å². The number of allylic oxidation sites excluding steroid dienone is 1. The van der Waals surface area contributed by atoms with Gasteiger partial charge in [0.25, 0.3) is 11.8 Å². The third kappa shape index (κ3) is 8.33. The van der Waals surface area contributed by atoms with Crippen LogP contribution in [0.25, 0.3) is 10.9 Å². The van der Waals surface area contributed by atoms with Gasteiger partial charge in [0, 0.05) is 40.5 Å².